The van der Waals surface area contributed by atoms with Crippen LogP contribution in [0.3, 0.4) is 0 Å². The Labute approximate surface area is 99.9 Å². The van der Waals surface area contributed by atoms with Gasteiger partial charge in [0.1, 0.15) is 11.9 Å². The van der Waals surface area contributed by atoms with Gasteiger partial charge in [0.25, 0.3) is 0 Å². The minimum Gasteiger partial charge on any atom is -0.481 e. The third kappa shape index (κ3) is 3.16. The summed E-state index contributed by atoms with van der Waals surface area (Å²) < 4.78 is 0.582. The van der Waals surface area contributed by atoms with Gasteiger partial charge in [-0.1, -0.05) is 0 Å². The Balaban J connectivity index is 2.90. The number of halogens is 1. The molecule has 0 saturated carbocycles. The van der Waals surface area contributed by atoms with E-state index in [4.69, 9.17) is 10.8 Å². The third-order valence-corrected chi connectivity index (χ3v) is 2.42. The monoisotopic (exact) mass is 290 g/mol. The van der Waals surface area contributed by atoms with Crippen molar-refractivity contribution in [3.05, 3.63) is 22.3 Å². The van der Waals surface area contributed by atoms with Crippen molar-refractivity contribution < 1.29 is 20.1 Å². The first-order valence-corrected chi connectivity index (χ1v) is 5.20. The molecule has 16 heavy (non-hydrogen) atoms. The van der Waals surface area contributed by atoms with Crippen molar-refractivity contribution in [2.75, 3.05) is 5.73 Å². The Kier molecular flexibility index (Phi) is 4.22. The second-order valence-electron chi connectivity index (χ2n) is 3.24. The molecule has 0 radical (unpaired) electrons. The van der Waals surface area contributed by atoms with E-state index >= 15 is 0 Å². The molecule has 0 aliphatic heterocycles. The maximum atomic E-state index is 10.4. The fourth-order valence-electron chi connectivity index (χ4n) is 1.20. The van der Waals surface area contributed by atoms with Crippen molar-refractivity contribution in [1.29, 1.82) is 0 Å². The Morgan fingerprint density at radius 3 is 2.75 bits per heavy atom. The van der Waals surface area contributed by atoms with Crippen LogP contribution in [0.15, 0.2) is 16.7 Å². The number of carboxylic acids is 1. The van der Waals surface area contributed by atoms with Crippen LogP contribution >= 0.6 is 15.9 Å². The Hall–Kier alpha value is -1.18. The number of anilines is 1. The molecule has 0 fully saturated rings. The number of nitrogens with two attached hydrogens (primary N) is 1. The van der Waals surface area contributed by atoms with Gasteiger partial charge in [-0.15, -0.1) is 0 Å². The molecule has 0 spiro atoms. The summed E-state index contributed by atoms with van der Waals surface area (Å²) in [6.45, 7) is 0. The van der Waals surface area contributed by atoms with E-state index in [9.17, 15) is 15.0 Å². The number of hydrogen-bond donors (Lipinski definition) is 4. The lowest BCUT2D eigenvalue weighted by Crippen LogP contribution is -2.22. The molecule has 88 valence electrons. The first kappa shape index (κ1) is 12.9. The summed E-state index contributed by atoms with van der Waals surface area (Å²) in [5, 5.41) is 27.6. The second kappa shape index (κ2) is 5.24. The second-order valence-corrected chi connectivity index (χ2v) is 4.15. The van der Waals surface area contributed by atoms with Crippen molar-refractivity contribution in [3.63, 3.8) is 0 Å². The van der Waals surface area contributed by atoms with Gasteiger partial charge in [-0.3, -0.25) is 4.79 Å². The molecule has 1 rings (SSSR count). The fraction of sp³-hybridized carbons (Fsp3) is 0.333. The predicted octanol–water partition coefficient (Wildman–Crippen LogP) is 0.295. The zero-order valence-electron chi connectivity index (χ0n) is 8.17. The summed E-state index contributed by atoms with van der Waals surface area (Å²) in [5.74, 6) is -1.15. The summed E-state index contributed by atoms with van der Waals surface area (Å²) in [4.78, 5) is 14.1. The minimum atomic E-state index is -1.42. The van der Waals surface area contributed by atoms with Crippen LogP contribution in [0.2, 0.25) is 0 Å². The van der Waals surface area contributed by atoms with Gasteiger partial charge >= 0.3 is 5.97 Å². The Morgan fingerprint density at radius 2 is 2.19 bits per heavy atom. The zero-order chi connectivity index (χ0) is 12.3. The van der Waals surface area contributed by atoms with Crippen LogP contribution in [0.1, 0.15) is 18.1 Å². The molecule has 6 nitrogen and oxygen atoms in total. The summed E-state index contributed by atoms with van der Waals surface area (Å²) in [5.41, 5.74) is 5.71. The van der Waals surface area contributed by atoms with Gasteiger partial charge in [0.05, 0.1) is 12.5 Å². The minimum absolute atomic E-state index is 0.0557. The third-order valence-electron chi connectivity index (χ3n) is 1.98. The van der Waals surface area contributed by atoms with Crippen molar-refractivity contribution >= 4 is 27.7 Å². The van der Waals surface area contributed by atoms with Crippen molar-refractivity contribution in [2.45, 2.75) is 18.6 Å². The lowest BCUT2D eigenvalue weighted by molar-refractivity contribution is -0.141. The maximum absolute atomic E-state index is 10.4. The topological polar surface area (TPSA) is 117 Å². The summed E-state index contributed by atoms with van der Waals surface area (Å²) in [6, 6.07) is 1.48. The number of aliphatic hydroxyl groups is 2. The standard InChI is InChI=1S/C9H11BrN2O4/c10-4-1-5(9(11)12-3-4)8(16)6(13)2-7(14)15/h1,3,6,8,13,16H,2H2,(H2,11,12)(H,14,15). The molecule has 0 bridgehead atoms. The van der Waals surface area contributed by atoms with Gasteiger partial charge in [0, 0.05) is 16.2 Å². The first-order chi connectivity index (χ1) is 7.41. The number of nitrogen functional groups attached to an aromatic ring is 1. The van der Waals surface area contributed by atoms with Crippen LogP contribution < -0.4 is 5.73 Å². The molecule has 0 amide bonds. The Morgan fingerprint density at radius 1 is 1.56 bits per heavy atom. The largest absolute Gasteiger partial charge is 0.481 e. The normalized spacial score (nSPS) is 14.4. The fourth-order valence-corrected chi connectivity index (χ4v) is 1.55. The number of aliphatic hydroxyl groups excluding tert-OH is 2. The average Bonchev–Trinajstić information content (AvgIpc) is 2.19. The zero-order valence-corrected chi connectivity index (χ0v) is 9.75. The predicted molar refractivity (Wildman–Crippen MR) is 59.6 cm³/mol. The van der Waals surface area contributed by atoms with Crippen LogP contribution in [0, 0.1) is 0 Å². The van der Waals surface area contributed by atoms with Crippen LogP contribution in [0.25, 0.3) is 0 Å². The number of rotatable bonds is 4. The van der Waals surface area contributed by atoms with E-state index in [1.807, 2.05) is 0 Å². The van der Waals surface area contributed by atoms with E-state index in [0.29, 0.717) is 4.47 Å². The van der Waals surface area contributed by atoms with E-state index in [0.717, 1.165) is 0 Å². The molecule has 5 N–H and O–H groups in total. The molecule has 1 aromatic heterocycles. The van der Waals surface area contributed by atoms with E-state index in [-0.39, 0.29) is 11.4 Å². The van der Waals surface area contributed by atoms with Crippen LogP contribution in [0.4, 0.5) is 5.82 Å². The van der Waals surface area contributed by atoms with Crippen molar-refractivity contribution in [3.8, 4) is 0 Å². The van der Waals surface area contributed by atoms with Gasteiger partial charge in [-0.25, -0.2) is 4.98 Å². The van der Waals surface area contributed by atoms with Crippen molar-refractivity contribution in [2.24, 2.45) is 0 Å². The lowest BCUT2D eigenvalue weighted by Gasteiger charge is -2.17. The lowest BCUT2D eigenvalue weighted by atomic mass is 10.0. The van der Waals surface area contributed by atoms with E-state index in [1.165, 1.54) is 12.3 Å². The number of aromatic nitrogens is 1. The van der Waals surface area contributed by atoms with E-state index < -0.39 is 24.6 Å². The summed E-state index contributed by atoms with van der Waals surface area (Å²) in [7, 11) is 0. The molecule has 0 aliphatic rings. The molecular weight excluding hydrogens is 280 g/mol. The molecular formula is C9H11BrN2O4. The highest BCUT2D eigenvalue weighted by Gasteiger charge is 2.23. The molecule has 7 heteroatoms. The van der Waals surface area contributed by atoms with E-state index in [2.05, 4.69) is 20.9 Å². The number of carboxylic acid groups (broad SMARTS) is 1. The highest BCUT2D eigenvalue weighted by atomic mass is 79.9. The summed E-state index contributed by atoms with van der Waals surface area (Å²) >= 11 is 3.14. The summed E-state index contributed by atoms with van der Waals surface area (Å²) in [6.07, 6.45) is -1.92. The average molecular weight is 291 g/mol. The van der Waals surface area contributed by atoms with E-state index in [1.54, 1.807) is 0 Å². The molecule has 0 saturated heterocycles. The van der Waals surface area contributed by atoms with Gasteiger partial charge in [0.15, 0.2) is 0 Å². The number of aliphatic carboxylic acids is 1. The number of hydrogen-bond acceptors (Lipinski definition) is 5. The number of pyridine rings is 1. The smallest absolute Gasteiger partial charge is 0.306 e. The van der Waals surface area contributed by atoms with Gasteiger partial charge in [0.2, 0.25) is 0 Å². The molecule has 1 aromatic rings. The number of nitrogens with zero attached hydrogens (tertiary/aromatic N) is 1. The quantitative estimate of drug-likeness (QED) is 0.633. The molecule has 1 heterocycles. The van der Waals surface area contributed by atoms with Gasteiger partial charge < -0.3 is 21.1 Å². The highest BCUT2D eigenvalue weighted by molar-refractivity contribution is 9.10. The molecule has 0 aliphatic carbocycles. The maximum Gasteiger partial charge on any atom is 0.306 e. The Bertz CT molecular complexity index is 399. The first-order valence-electron chi connectivity index (χ1n) is 4.40. The molecule has 2 unspecified atom stereocenters. The van der Waals surface area contributed by atoms with Gasteiger partial charge in [-0.2, -0.15) is 0 Å². The van der Waals surface area contributed by atoms with Crippen LogP contribution in [0.5, 0.6) is 0 Å². The SMILES string of the molecule is Nc1ncc(Br)cc1C(O)C(O)CC(=O)O. The van der Waals surface area contributed by atoms with Crippen LogP contribution in [-0.2, 0) is 4.79 Å². The number of carbonyl (C=O) groups is 1. The highest BCUT2D eigenvalue weighted by Crippen LogP contribution is 2.25. The molecule has 2 atom stereocenters. The van der Waals surface area contributed by atoms with Crippen LogP contribution in [-0.4, -0.2) is 32.4 Å². The van der Waals surface area contributed by atoms with Crippen molar-refractivity contribution in [1.82, 2.24) is 4.98 Å². The van der Waals surface area contributed by atoms with Gasteiger partial charge in [-0.05, 0) is 22.0 Å². The molecule has 0 aromatic carbocycles.